The van der Waals surface area contributed by atoms with Crippen molar-refractivity contribution in [2.45, 2.75) is 6.10 Å². The second-order valence-corrected chi connectivity index (χ2v) is 2.17. The number of hydrogen-bond acceptors (Lipinski definition) is 3. The molecule has 3 heteroatoms. The van der Waals surface area contributed by atoms with E-state index in [-0.39, 0.29) is 12.4 Å². The lowest BCUT2D eigenvalue weighted by molar-refractivity contribution is -0.123. The van der Waals surface area contributed by atoms with Gasteiger partial charge >= 0.3 is 0 Å². The van der Waals surface area contributed by atoms with E-state index >= 15 is 0 Å². The summed E-state index contributed by atoms with van der Waals surface area (Å²) in [6.07, 6.45) is 4.51. The first kappa shape index (κ1) is 5.53. The summed E-state index contributed by atoms with van der Waals surface area (Å²) in [5.41, 5.74) is 0. The number of carbonyl (C=O) groups excluding carboxylic acids is 1. The molecule has 2 aliphatic rings. The Kier molecular flexibility index (Phi) is 1.03. The molecule has 2 aliphatic heterocycles. The third kappa shape index (κ3) is 0.635. The van der Waals surface area contributed by atoms with Gasteiger partial charge in [-0.05, 0) is 12.2 Å². The van der Waals surface area contributed by atoms with Crippen molar-refractivity contribution in [2.75, 3.05) is 6.61 Å². The van der Waals surface area contributed by atoms with Crippen LogP contribution in [0, 0.1) is 0 Å². The monoisotopic (exact) mass is 138 g/mol. The molecule has 52 valence electrons. The minimum atomic E-state index is -0.454. The fourth-order valence-corrected chi connectivity index (χ4v) is 1.00. The lowest BCUT2D eigenvalue weighted by Crippen LogP contribution is -2.19. The van der Waals surface area contributed by atoms with Crippen LogP contribution >= 0.6 is 0 Å². The first-order valence-electron chi connectivity index (χ1n) is 3.05. The number of ketones is 1. The van der Waals surface area contributed by atoms with Crippen LogP contribution in [-0.2, 0) is 14.3 Å². The lowest BCUT2D eigenvalue weighted by Gasteiger charge is -2.10. The van der Waals surface area contributed by atoms with Crippen LogP contribution in [-0.4, -0.2) is 18.5 Å². The maximum absolute atomic E-state index is 10.9. The average Bonchev–Trinajstić information content (AvgIpc) is 2.34. The Morgan fingerprint density at radius 2 is 2.50 bits per heavy atom. The van der Waals surface area contributed by atoms with Crippen molar-refractivity contribution in [1.29, 1.82) is 0 Å². The fraction of sp³-hybridized carbons (Fsp3) is 0.286. The zero-order valence-corrected chi connectivity index (χ0v) is 5.24. The summed E-state index contributed by atoms with van der Waals surface area (Å²) >= 11 is 0. The Labute approximate surface area is 57.9 Å². The van der Waals surface area contributed by atoms with E-state index in [0.29, 0.717) is 5.76 Å². The lowest BCUT2D eigenvalue weighted by atomic mass is 10.2. The van der Waals surface area contributed by atoms with Crippen molar-refractivity contribution in [3.63, 3.8) is 0 Å². The topological polar surface area (TPSA) is 35.5 Å². The molecule has 1 atom stereocenters. The van der Waals surface area contributed by atoms with Gasteiger partial charge in [0.15, 0.2) is 6.61 Å². The average molecular weight is 138 g/mol. The van der Waals surface area contributed by atoms with Gasteiger partial charge in [-0.15, -0.1) is 0 Å². The van der Waals surface area contributed by atoms with Crippen LogP contribution in [0.2, 0.25) is 0 Å². The molecule has 0 N–H and O–H groups in total. The first-order valence-corrected chi connectivity index (χ1v) is 3.05. The van der Waals surface area contributed by atoms with Gasteiger partial charge < -0.3 is 9.47 Å². The summed E-state index contributed by atoms with van der Waals surface area (Å²) in [6.45, 7) is 0.151. The maximum Gasteiger partial charge on any atom is 0.218 e. The molecule has 2 rings (SSSR count). The van der Waals surface area contributed by atoms with E-state index < -0.39 is 6.10 Å². The van der Waals surface area contributed by atoms with E-state index in [4.69, 9.17) is 9.47 Å². The van der Waals surface area contributed by atoms with Crippen LogP contribution in [0.15, 0.2) is 24.2 Å². The van der Waals surface area contributed by atoms with Crippen molar-refractivity contribution in [1.82, 2.24) is 0 Å². The number of allylic oxidation sites excluding steroid dienone is 2. The number of fused-ring (bicyclic) bond motifs is 1. The van der Waals surface area contributed by atoms with E-state index in [1.54, 1.807) is 12.2 Å². The van der Waals surface area contributed by atoms with Gasteiger partial charge in [-0.1, -0.05) is 0 Å². The van der Waals surface area contributed by atoms with Crippen molar-refractivity contribution < 1.29 is 14.3 Å². The third-order valence-electron chi connectivity index (χ3n) is 1.49. The smallest absolute Gasteiger partial charge is 0.218 e. The molecule has 1 saturated heterocycles. The van der Waals surface area contributed by atoms with Gasteiger partial charge in [0, 0.05) is 0 Å². The highest BCUT2D eigenvalue weighted by Crippen LogP contribution is 2.20. The molecular formula is C7H6O3. The molecule has 0 bridgehead atoms. The van der Waals surface area contributed by atoms with Crippen LogP contribution in [0.5, 0.6) is 0 Å². The summed E-state index contributed by atoms with van der Waals surface area (Å²) in [6, 6.07) is 0. The van der Waals surface area contributed by atoms with E-state index in [2.05, 4.69) is 0 Å². The van der Waals surface area contributed by atoms with Crippen LogP contribution in [0.3, 0.4) is 0 Å². The predicted octanol–water partition coefficient (Wildman–Crippen LogP) is 0.382. The van der Waals surface area contributed by atoms with Gasteiger partial charge in [0.25, 0.3) is 0 Å². The molecule has 0 aromatic heterocycles. The van der Waals surface area contributed by atoms with Crippen LogP contribution in [0.25, 0.3) is 0 Å². The Balaban J connectivity index is 2.31. The van der Waals surface area contributed by atoms with Crippen LogP contribution in [0.1, 0.15) is 0 Å². The minimum absolute atomic E-state index is 0.00407. The summed E-state index contributed by atoms with van der Waals surface area (Å²) in [7, 11) is 0. The molecule has 3 nitrogen and oxygen atoms in total. The molecule has 1 unspecified atom stereocenters. The number of Topliss-reactive ketones (excluding diaryl/α,β-unsaturated/α-hetero) is 1. The van der Waals surface area contributed by atoms with E-state index in [0.717, 1.165) is 0 Å². The van der Waals surface area contributed by atoms with Crippen LogP contribution in [0.4, 0.5) is 0 Å². The third-order valence-corrected chi connectivity index (χ3v) is 1.49. The highest BCUT2D eigenvalue weighted by atomic mass is 16.6. The molecule has 0 saturated carbocycles. The summed E-state index contributed by atoms with van der Waals surface area (Å²) in [5, 5.41) is 0. The Hall–Kier alpha value is -1.25. The summed E-state index contributed by atoms with van der Waals surface area (Å²) in [4.78, 5) is 10.9. The molecule has 0 radical (unpaired) electrons. The molecular weight excluding hydrogens is 132 g/mol. The number of ether oxygens (including phenoxy) is 2. The number of hydrogen-bond donors (Lipinski definition) is 0. The highest BCUT2D eigenvalue weighted by molar-refractivity contribution is 5.89. The number of carbonyl (C=O) groups is 1. The molecule has 2 heterocycles. The van der Waals surface area contributed by atoms with E-state index in [1.807, 2.05) is 0 Å². The van der Waals surface area contributed by atoms with Crippen molar-refractivity contribution >= 4 is 5.78 Å². The zero-order valence-electron chi connectivity index (χ0n) is 5.24. The molecule has 0 aromatic carbocycles. The van der Waals surface area contributed by atoms with Gasteiger partial charge in [-0.25, -0.2) is 0 Å². The van der Waals surface area contributed by atoms with Gasteiger partial charge in [0.1, 0.15) is 5.76 Å². The Bertz CT molecular complexity index is 227. The SMILES string of the molecule is O=C1COC2=CC=COC12. The highest BCUT2D eigenvalue weighted by Gasteiger charge is 2.33. The Morgan fingerprint density at radius 3 is 3.30 bits per heavy atom. The van der Waals surface area contributed by atoms with Gasteiger partial charge in [0.2, 0.25) is 11.9 Å². The molecule has 0 amide bonds. The van der Waals surface area contributed by atoms with Crippen molar-refractivity contribution in [3.8, 4) is 0 Å². The zero-order chi connectivity index (χ0) is 6.97. The standard InChI is InChI=1S/C7H6O3/c8-5-4-10-6-2-1-3-9-7(5)6/h1-3,7H,4H2. The normalized spacial score (nSPS) is 28.6. The van der Waals surface area contributed by atoms with E-state index in [1.165, 1.54) is 6.26 Å². The molecule has 0 aliphatic carbocycles. The molecule has 0 aromatic rings. The second kappa shape index (κ2) is 1.87. The minimum Gasteiger partial charge on any atom is -0.486 e. The predicted molar refractivity (Wildman–Crippen MR) is 33.1 cm³/mol. The van der Waals surface area contributed by atoms with Gasteiger partial charge in [-0.3, -0.25) is 4.79 Å². The molecule has 1 fully saturated rings. The van der Waals surface area contributed by atoms with Crippen LogP contribution < -0.4 is 0 Å². The van der Waals surface area contributed by atoms with Gasteiger partial charge in [-0.2, -0.15) is 0 Å². The molecule has 10 heavy (non-hydrogen) atoms. The van der Waals surface area contributed by atoms with Crippen molar-refractivity contribution in [3.05, 3.63) is 24.2 Å². The van der Waals surface area contributed by atoms with Crippen molar-refractivity contribution in [2.24, 2.45) is 0 Å². The maximum atomic E-state index is 10.9. The van der Waals surface area contributed by atoms with Gasteiger partial charge in [0.05, 0.1) is 6.26 Å². The van der Waals surface area contributed by atoms with E-state index in [9.17, 15) is 4.79 Å². The Morgan fingerprint density at radius 1 is 1.60 bits per heavy atom. The molecule has 0 spiro atoms. The first-order chi connectivity index (χ1) is 4.88. The fourth-order valence-electron chi connectivity index (χ4n) is 1.00. The number of rotatable bonds is 0. The second-order valence-electron chi connectivity index (χ2n) is 2.17. The summed E-state index contributed by atoms with van der Waals surface area (Å²) in [5.74, 6) is 0.628. The largest absolute Gasteiger partial charge is 0.486 e. The summed E-state index contributed by atoms with van der Waals surface area (Å²) < 4.78 is 10.00. The quantitative estimate of drug-likeness (QED) is 0.485.